The van der Waals surface area contributed by atoms with Crippen molar-refractivity contribution in [1.82, 2.24) is 9.97 Å². The fourth-order valence-electron chi connectivity index (χ4n) is 1.54. The normalized spacial score (nSPS) is 12.2. The summed E-state index contributed by atoms with van der Waals surface area (Å²) in [7, 11) is 0. The van der Waals surface area contributed by atoms with Crippen LogP contribution in [0.15, 0.2) is 36.5 Å². The van der Waals surface area contributed by atoms with Gasteiger partial charge in [-0.15, -0.1) is 0 Å². The largest absolute Gasteiger partial charge is 0.387 e. The molecule has 4 nitrogen and oxygen atoms in total. The first-order valence-electron chi connectivity index (χ1n) is 5.62. The topological polar surface area (TPSA) is 58.0 Å². The summed E-state index contributed by atoms with van der Waals surface area (Å²) in [6, 6.07) is 9.47. The second kappa shape index (κ2) is 5.80. The van der Waals surface area contributed by atoms with E-state index in [1.54, 1.807) is 12.3 Å². The van der Waals surface area contributed by atoms with E-state index in [4.69, 9.17) is 11.6 Å². The van der Waals surface area contributed by atoms with Crippen LogP contribution in [0.25, 0.3) is 0 Å². The van der Waals surface area contributed by atoms with E-state index >= 15 is 0 Å². The molecule has 1 aromatic carbocycles. The molecule has 1 aromatic heterocycles. The number of aliphatic hydroxyl groups is 1. The van der Waals surface area contributed by atoms with Crippen molar-refractivity contribution in [2.45, 2.75) is 13.0 Å². The van der Waals surface area contributed by atoms with Crippen LogP contribution in [0, 0.1) is 6.92 Å². The van der Waals surface area contributed by atoms with Gasteiger partial charge >= 0.3 is 0 Å². The van der Waals surface area contributed by atoms with Gasteiger partial charge in [0, 0.05) is 12.7 Å². The van der Waals surface area contributed by atoms with Crippen molar-refractivity contribution >= 4 is 17.4 Å². The number of nitrogens with zero attached hydrogens (tertiary/aromatic N) is 2. The summed E-state index contributed by atoms with van der Waals surface area (Å²) in [5.41, 5.74) is 2.04. The maximum absolute atomic E-state index is 10.0. The Kier molecular flexibility index (Phi) is 4.12. The summed E-state index contributed by atoms with van der Waals surface area (Å²) >= 11 is 5.67. The Morgan fingerprint density at radius 3 is 2.67 bits per heavy atom. The van der Waals surface area contributed by atoms with Crippen molar-refractivity contribution in [3.05, 3.63) is 52.9 Å². The lowest BCUT2D eigenvalue weighted by atomic mass is 10.1. The number of aromatic nitrogens is 2. The molecule has 0 aliphatic rings. The molecule has 0 amide bonds. The Morgan fingerprint density at radius 1 is 1.28 bits per heavy atom. The zero-order chi connectivity index (χ0) is 13.0. The van der Waals surface area contributed by atoms with Crippen molar-refractivity contribution in [2.75, 3.05) is 11.9 Å². The Labute approximate surface area is 111 Å². The molecular formula is C13H14ClN3O. The molecule has 0 radical (unpaired) electrons. The Morgan fingerprint density at radius 2 is 2.00 bits per heavy atom. The zero-order valence-corrected chi connectivity index (χ0v) is 10.7. The molecule has 1 heterocycles. The second-order valence-corrected chi connectivity index (χ2v) is 4.36. The van der Waals surface area contributed by atoms with Crippen LogP contribution in [0.1, 0.15) is 17.2 Å². The SMILES string of the molecule is Cc1ccc(C(O)CNc2ccnc(Cl)n2)cc1. The van der Waals surface area contributed by atoms with Gasteiger partial charge in [-0.05, 0) is 30.2 Å². The van der Waals surface area contributed by atoms with Crippen molar-refractivity contribution in [1.29, 1.82) is 0 Å². The summed E-state index contributed by atoms with van der Waals surface area (Å²) < 4.78 is 0. The van der Waals surface area contributed by atoms with Gasteiger partial charge in [0.2, 0.25) is 5.28 Å². The molecule has 18 heavy (non-hydrogen) atoms. The minimum Gasteiger partial charge on any atom is -0.387 e. The molecule has 0 aliphatic heterocycles. The van der Waals surface area contributed by atoms with Crippen molar-refractivity contribution in [3.8, 4) is 0 Å². The molecule has 94 valence electrons. The van der Waals surface area contributed by atoms with Crippen molar-refractivity contribution < 1.29 is 5.11 Å². The monoisotopic (exact) mass is 263 g/mol. The minimum atomic E-state index is -0.584. The lowest BCUT2D eigenvalue weighted by Crippen LogP contribution is -2.13. The van der Waals surface area contributed by atoms with E-state index in [-0.39, 0.29) is 5.28 Å². The van der Waals surface area contributed by atoms with E-state index in [1.807, 2.05) is 31.2 Å². The molecule has 5 heteroatoms. The van der Waals surface area contributed by atoms with Crippen molar-refractivity contribution in [3.63, 3.8) is 0 Å². The standard InChI is InChI=1S/C13H14ClN3O/c1-9-2-4-10(5-3-9)11(18)8-16-12-6-7-15-13(14)17-12/h2-7,11,18H,8H2,1H3,(H,15,16,17). The first kappa shape index (κ1) is 12.8. The highest BCUT2D eigenvalue weighted by Crippen LogP contribution is 2.14. The number of nitrogens with one attached hydrogen (secondary N) is 1. The second-order valence-electron chi connectivity index (χ2n) is 4.02. The van der Waals surface area contributed by atoms with Crippen LogP contribution in [0.4, 0.5) is 5.82 Å². The van der Waals surface area contributed by atoms with Gasteiger partial charge in [-0.1, -0.05) is 29.8 Å². The van der Waals surface area contributed by atoms with Gasteiger partial charge in [-0.3, -0.25) is 0 Å². The number of benzene rings is 1. The summed E-state index contributed by atoms with van der Waals surface area (Å²) in [6.45, 7) is 2.38. The minimum absolute atomic E-state index is 0.185. The van der Waals surface area contributed by atoms with Gasteiger partial charge in [0.05, 0.1) is 6.10 Å². The van der Waals surface area contributed by atoms with Crippen LogP contribution in [-0.2, 0) is 0 Å². The summed E-state index contributed by atoms with van der Waals surface area (Å²) in [4.78, 5) is 7.77. The highest BCUT2D eigenvalue weighted by molar-refractivity contribution is 6.28. The van der Waals surface area contributed by atoms with Gasteiger partial charge in [-0.2, -0.15) is 0 Å². The van der Waals surface area contributed by atoms with E-state index < -0.39 is 6.10 Å². The molecule has 1 unspecified atom stereocenters. The lowest BCUT2D eigenvalue weighted by molar-refractivity contribution is 0.191. The molecular weight excluding hydrogens is 250 g/mol. The fourth-order valence-corrected chi connectivity index (χ4v) is 1.69. The molecule has 0 fully saturated rings. The summed E-state index contributed by atoms with van der Waals surface area (Å²) in [5, 5.41) is 13.2. The maximum atomic E-state index is 10.0. The van der Waals surface area contributed by atoms with E-state index in [9.17, 15) is 5.11 Å². The van der Waals surface area contributed by atoms with Gasteiger partial charge in [0.1, 0.15) is 5.82 Å². The average molecular weight is 264 g/mol. The van der Waals surface area contributed by atoms with Gasteiger partial charge in [0.15, 0.2) is 0 Å². The third-order valence-corrected chi connectivity index (χ3v) is 2.75. The van der Waals surface area contributed by atoms with Crippen molar-refractivity contribution in [2.24, 2.45) is 0 Å². The first-order valence-corrected chi connectivity index (χ1v) is 6.00. The van der Waals surface area contributed by atoms with Gasteiger partial charge in [-0.25, -0.2) is 9.97 Å². The highest BCUT2D eigenvalue weighted by Gasteiger charge is 2.07. The summed E-state index contributed by atoms with van der Waals surface area (Å²) in [6.07, 6.45) is 0.981. The maximum Gasteiger partial charge on any atom is 0.224 e. The predicted octanol–water partition coefficient (Wildman–Crippen LogP) is 2.58. The molecule has 1 atom stereocenters. The van der Waals surface area contributed by atoms with Crippen LogP contribution < -0.4 is 5.32 Å². The van der Waals surface area contributed by atoms with Crippen LogP contribution in [0.3, 0.4) is 0 Å². The first-order chi connectivity index (χ1) is 8.65. The van der Waals surface area contributed by atoms with Crippen LogP contribution in [0.2, 0.25) is 5.28 Å². The predicted molar refractivity (Wildman–Crippen MR) is 71.7 cm³/mol. The molecule has 2 aromatic rings. The van der Waals surface area contributed by atoms with Gasteiger partial charge < -0.3 is 10.4 Å². The molecule has 0 spiro atoms. The number of rotatable bonds is 4. The number of hydrogen-bond donors (Lipinski definition) is 2. The lowest BCUT2D eigenvalue weighted by Gasteiger charge is -2.12. The number of halogens is 1. The molecule has 0 saturated carbocycles. The molecule has 0 bridgehead atoms. The van der Waals surface area contributed by atoms with E-state index in [2.05, 4.69) is 15.3 Å². The number of anilines is 1. The molecule has 2 rings (SSSR count). The van der Waals surface area contributed by atoms with E-state index in [0.29, 0.717) is 12.4 Å². The van der Waals surface area contributed by atoms with E-state index in [0.717, 1.165) is 5.56 Å². The molecule has 0 saturated heterocycles. The quantitative estimate of drug-likeness (QED) is 0.833. The highest BCUT2D eigenvalue weighted by atomic mass is 35.5. The third kappa shape index (κ3) is 3.42. The average Bonchev–Trinajstić information content (AvgIpc) is 2.37. The Hall–Kier alpha value is -1.65. The van der Waals surface area contributed by atoms with Gasteiger partial charge in [0.25, 0.3) is 0 Å². The Bertz CT molecular complexity index is 516. The number of aliphatic hydroxyl groups excluding tert-OH is 1. The zero-order valence-electron chi connectivity index (χ0n) is 9.97. The smallest absolute Gasteiger partial charge is 0.224 e. The van der Waals surface area contributed by atoms with Crippen LogP contribution in [0.5, 0.6) is 0 Å². The molecule has 0 aliphatic carbocycles. The van der Waals surface area contributed by atoms with Crippen LogP contribution >= 0.6 is 11.6 Å². The Balaban J connectivity index is 1.96. The fraction of sp³-hybridized carbons (Fsp3) is 0.231. The van der Waals surface area contributed by atoms with E-state index in [1.165, 1.54) is 5.56 Å². The number of aryl methyl sites for hydroxylation is 1. The molecule has 2 N–H and O–H groups in total. The van der Waals surface area contributed by atoms with Crippen LogP contribution in [-0.4, -0.2) is 21.6 Å². The summed E-state index contributed by atoms with van der Waals surface area (Å²) in [5.74, 6) is 0.598. The number of hydrogen-bond acceptors (Lipinski definition) is 4. The third-order valence-electron chi connectivity index (χ3n) is 2.56.